The Morgan fingerprint density at radius 1 is 1.47 bits per heavy atom. The van der Waals surface area contributed by atoms with Gasteiger partial charge in [0.25, 0.3) is 0 Å². The average Bonchev–Trinajstić information content (AvgIpc) is 2.34. The quantitative estimate of drug-likeness (QED) is 0.668. The van der Waals surface area contributed by atoms with Crippen LogP contribution in [0.3, 0.4) is 0 Å². The molecular weight excluding hydrogens is 220 g/mol. The number of carboxylic acid groups (broad SMARTS) is 1. The Balaban J connectivity index is 2.27. The molecule has 1 aromatic rings. The Hall–Kier alpha value is -1.46. The van der Waals surface area contributed by atoms with Crippen molar-refractivity contribution >= 4 is 5.97 Å². The van der Waals surface area contributed by atoms with Gasteiger partial charge in [0.2, 0.25) is 0 Å². The van der Waals surface area contributed by atoms with Crippen LogP contribution in [0.2, 0.25) is 0 Å². The zero-order chi connectivity index (χ0) is 12.5. The summed E-state index contributed by atoms with van der Waals surface area (Å²) in [6.07, 6.45) is 2.05. The van der Waals surface area contributed by atoms with Crippen LogP contribution in [0.15, 0.2) is 18.2 Å². The SMILES string of the molecule is COCCCCNCc1cccc(C(=O)O)n1. The average molecular weight is 238 g/mol. The van der Waals surface area contributed by atoms with Gasteiger partial charge in [-0.05, 0) is 31.5 Å². The van der Waals surface area contributed by atoms with Crippen molar-refractivity contribution in [2.24, 2.45) is 0 Å². The molecule has 0 aliphatic rings. The van der Waals surface area contributed by atoms with Crippen molar-refractivity contribution in [1.29, 1.82) is 0 Å². The number of pyridine rings is 1. The number of carboxylic acids is 1. The topological polar surface area (TPSA) is 71.5 Å². The molecule has 1 aromatic heterocycles. The maximum atomic E-state index is 10.7. The van der Waals surface area contributed by atoms with Gasteiger partial charge in [0.1, 0.15) is 5.69 Å². The van der Waals surface area contributed by atoms with E-state index in [1.165, 1.54) is 6.07 Å². The van der Waals surface area contributed by atoms with Crippen molar-refractivity contribution in [3.8, 4) is 0 Å². The van der Waals surface area contributed by atoms with Gasteiger partial charge < -0.3 is 15.2 Å². The Morgan fingerprint density at radius 2 is 2.29 bits per heavy atom. The third-order valence-electron chi connectivity index (χ3n) is 2.28. The highest BCUT2D eigenvalue weighted by Crippen LogP contribution is 1.99. The zero-order valence-corrected chi connectivity index (χ0v) is 9.98. The molecule has 1 rings (SSSR count). The molecule has 0 amide bonds. The number of aromatic carboxylic acids is 1. The van der Waals surface area contributed by atoms with E-state index in [0.717, 1.165) is 31.7 Å². The monoisotopic (exact) mass is 238 g/mol. The molecule has 0 saturated carbocycles. The van der Waals surface area contributed by atoms with Crippen molar-refractivity contribution in [3.05, 3.63) is 29.6 Å². The highest BCUT2D eigenvalue weighted by molar-refractivity contribution is 5.85. The van der Waals surface area contributed by atoms with Crippen LogP contribution >= 0.6 is 0 Å². The van der Waals surface area contributed by atoms with Crippen LogP contribution < -0.4 is 5.32 Å². The van der Waals surface area contributed by atoms with Gasteiger partial charge in [-0.1, -0.05) is 6.07 Å². The molecule has 0 radical (unpaired) electrons. The van der Waals surface area contributed by atoms with Gasteiger partial charge in [-0.3, -0.25) is 0 Å². The zero-order valence-electron chi connectivity index (χ0n) is 9.98. The second kappa shape index (κ2) is 7.76. The predicted molar refractivity (Wildman–Crippen MR) is 64.0 cm³/mol. The Labute approximate surface area is 101 Å². The molecule has 0 aliphatic heterocycles. The van der Waals surface area contributed by atoms with Crippen LogP contribution in [0.5, 0.6) is 0 Å². The summed E-state index contributed by atoms with van der Waals surface area (Å²) in [7, 11) is 1.69. The van der Waals surface area contributed by atoms with E-state index in [-0.39, 0.29) is 5.69 Å². The fourth-order valence-electron chi connectivity index (χ4n) is 1.41. The van der Waals surface area contributed by atoms with Crippen molar-refractivity contribution in [3.63, 3.8) is 0 Å². The Morgan fingerprint density at radius 3 is 3.00 bits per heavy atom. The fourth-order valence-corrected chi connectivity index (χ4v) is 1.41. The minimum Gasteiger partial charge on any atom is -0.477 e. The number of nitrogens with one attached hydrogen (secondary N) is 1. The molecular formula is C12H18N2O3. The summed E-state index contributed by atoms with van der Waals surface area (Å²) < 4.78 is 4.94. The van der Waals surface area contributed by atoms with Crippen LogP contribution in [0.4, 0.5) is 0 Å². The number of ether oxygens (including phenoxy) is 1. The third kappa shape index (κ3) is 5.42. The van der Waals surface area contributed by atoms with E-state index in [4.69, 9.17) is 9.84 Å². The third-order valence-corrected chi connectivity index (χ3v) is 2.28. The maximum absolute atomic E-state index is 10.7. The van der Waals surface area contributed by atoms with Gasteiger partial charge in [0.05, 0.1) is 5.69 Å². The molecule has 94 valence electrons. The first kappa shape index (κ1) is 13.6. The lowest BCUT2D eigenvalue weighted by atomic mass is 10.3. The molecule has 0 aromatic carbocycles. The van der Waals surface area contributed by atoms with Gasteiger partial charge in [0, 0.05) is 20.3 Å². The lowest BCUT2D eigenvalue weighted by Crippen LogP contribution is -2.16. The number of carbonyl (C=O) groups is 1. The summed E-state index contributed by atoms with van der Waals surface area (Å²) in [6.45, 7) is 2.24. The van der Waals surface area contributed by atoms with Gasteiger partial charge in [-0.15, -0.1) is 0 Å². The summed E-state index contributed by atoms with van der Waals surface area (Å²) >= 11 is 0. The lowest BCUT2D eigenvalue weighted by molar-refractivity contribution is 0.0690. The first-order valence-electron chi connectivity index (χ1n) is 5.63. The summed E-state index contributed by atoms with van der Waals surface area (Å²) in [4.78, 5) is 14.7. The van der Waals surface area contributed by atoms with E-state index in [0.29, 0.717) is 6.54 Å². The van der Waals surface area contributed by atoms with Gasteiger partial charge in [-0.2, -0.15) is 0 Å². The summed E-state index contributed by atoms with van der Waals surface area (Å²) in [5, 5.41) is 12.0. The second-order valence-electron chi connectivity index (χ2n) is 3.70. The maximum Gasteiger partial charge on any atom is 0.354 e. The summed E-state index contributed by atoms with van der Waals surface area (Å²) in [6, 6.07) is 5.01. The van der Waals surface area contributed by atoms with E-state index in [1.54, 1.807) is 13.2 Å². The first-order valence-corrected chi connectivity index (χ1v) is 5.63. The molecule has 0 atom stereocenters. The lowest BCUT2D eigenvalue weighted by Gasteiger charge is -2.04. The van der Waals surface area contributed by atoms with Crippen LogP contribution in [0.1, 0.15) is 29.0 Å². The van der Waals surface area contributed by atoms with E-state index in [9.17, 15) is 4.79 Å². The minimum absolute atomic E-state index is 0.0867. The van der Waals surface area contributed by atoms with Crippen LogP contribution in [0, 0.1) is 0 Å². The van der Waals surface area contributed by atoms with Crippen LogP contribution in [-0.2, 0) is 11.3 Å². The molecule has 0 fully saturated rings. The van der Waals surface area contributed by atoms with Crippen molar-refractivity contribution < 1.29 is 14.6 Å². The van der Waals surface area contributed by atoms with E-state index in [1.807, 2.05) is 6.07 Å². The molecule has 5 nitrogen and oxygen atoms in total. The molecule has 0 bridgehead atoms. The van der Waals surface area contributed by atoms with E-state index >= 15 is 0 Å². The second-order valence-corrected chi connectivity index (χ2v) is 3.70. The van der Waals surface area contributed by atoms with Crippen LogP contribution in [-0.4, -0.2) is 36.3 Å². The van der Waals surface area contributed by atoms with E-state index in [2.05, 4.69) is 10.3 Å². The van der Waals surface area contributed by atoms with Crippen LogP contribution in [0.25, 0.3) is 0 Å². The summed E-state index contributed by atoms with van der Waals surface area (Å²) in [5.41, 5.74) is 0.834. The minimum atomic E-state index is -0.994. The van der Waals surface area contributed by atoms with Gasteiger partial charge >= 0.3 is 5.97 Å². The number of unbranched alkanes of at least 4 members (excludes halogenated alkanes) is 1. The fraction of sp³-hybridized carbons (Fsp3) is 0.500. The number of hydrogen-bond acceptors (Lipinski definition) is 4. The number of methoxy groups -OCH3 is 1. The number of hydrogen-bond donors (Lipinski definition) is 2. The molecule has 0 aliphatic carbocycles. The predicted octanol–water partition coefficient (Wildman–Crippen LogP) is 1.30. The molecule has 5 heteroatoms. The molecule has 0 unspecified atom stereocenters. The highest BCUT2D eigenvalue weighted by Gasteiger charge is 2.04. The highest BCUT2D eigenvalue weighted by atomic mass is 16.5. The smallest absolute Gasteiger partial charge is 0.354 e. The largest absolute Gasteiger partial charge is 0.477 e. The Kier molecular flexibility index (Phi) is 6.21. The van der Waals surface area contributed by atoms with E-state index < -0.39 is 5.97 Å². The molecule has 2 N–H and O–H groups in total. The summed E-state index contributed by atoms with van der Waals surface area (Å²) in [5.74, 6) is -0.994. The molecule has 1 heterocycles. The Bertz CT molecular complexity index is 355. The number of rotatable bonds is 8. The molecule has 17 heavy (non-hydrogen) atoms. The van der Waals surface area contributed by atoms with Crippen molar-refractivity contribution in [1.82, 2.24) is 10.3 Å². The molecule has 0 spiro atoms. The normalized spacial score (nSPS) is 10.4. The van der Waals surface area contributed by atoms with Crippen molar-refractivity contribution in [2.75, 3.05) is 20.3 Å². The standard InChI is InChI=1S/C12H18N2O3/c1-17-8-3-2-7-13-9-10-5-4-6-11(14-10)12(15)16/h4-6,13H,2-3,7-9H2,1H3,(H,15,16). The van der Waals surface area contributed by atoms with Gasteiger partial charge in [0.15, 0.2) is 0 Å². The van der Waals surface area contributed by atoms with Gasteiger partial charge in [-0.25, -0.2) is 9.78 Å². The molecule has 0 saturated heterocycles. The number of nitrogens with zero attached hydrogens (tertiary/aromatic N) is 1. The number of aromatic nitrogens is 1. The first-order chi connectivity index (χ1) is 8.24. The van der Waals surface area contributed by atoms with Crippen molar-refractivity contribution in [2.45, 2.75) is 19.4 Å².